The molecule has 5 nitrogen and oxygen atoms in total. The first-order valence-corrected chi connectivity index (χ1v) is 9.20. The lowest BCUT2D eigenvalue weighted by atomic mass is 10.1. The summed E-state index contributed by atoms with van der Waals surface area (Å²) in [5.41, 5.74) is 0.666. The van der Waals surface area contributed by atoms with Crippen LogP contribution < -0.4 is 4.90 Å². The highest BCUT2D eigenvalue weighted by atomic mass is 19.1. The number of benzene rings is 1. The van der Waals surface area contributed by atoms with Gasteiger partial charge in [0.25, 0.3) is 0 Å². The van der Waals surface area contributed by atoms with Crippen LogP contribution in [0.2, 0.25) is 0 Å². The molecular weight excluding hydrogens is 321 g/mol. The van der Waals surface area contributed by atoms with Crippen molar-refractivity contribution in [1.82, 2.24) is 9.80 Å². The van der Waals surface area contributed by atoms with Crippen molar-refractivity contribution in [3.63, 3.8) is 0 Å². The van der Waals surface area contributed by atoms with Crippen molar-refractivity contribution in [2.75, 3.05) is 37.6 Å². The summed E-state index contributed by atoms with van der Waals surface area (Å²) in [6.45, 7) is 4.19. The largest absolute Gasteiger partial charge is 0.341 e. The van der Waals surface area contributed by atoms with Crippen molar-refractivity contribution in [2.45, 2.75) is 31.7 Å². The molecule has 3 aliphatic heterocycles. The zero-order chi connectivity index (χ0) is 17.4. The van der Waals surface area contributed by atoms with Crippen LogP contribution >= 0.6 is 0 Å². The summed E-state index contributed by atoms with van der Waals surface area (Å²) in [5, 5.41) is 0. The van der Waals surface area contributed by atoms with Gasteiger partial charge in [0.05, 0.1) is 5.92 Å². The standard InChI is InChI=1S/C19H24FN3O2/c20-15-4-6-16(7-5-15)23-12-14(11-18(23)24)19(25)22-10-2-9-21-8-1-3-17(21)13-22/h4-7,14,17H,1-3,8-13H2/t14-,17-/m0/s1. The molecular formula is C19H24FN3O2. The molecule has 3 heterocycles. The Morgan fingerprint density at radius 1 is 1.04 bits per heavy atom. The van der Waals surface area contributed by atoms with E-state index in [-0.39, 0.29) is 30.0 Å². The van der Waals surface area contributed by atoms with Gasteiger partial charge in [-0.15, -0.1) is 0 Å². The second-order valence-corrected chi connectivity index (χ2v) is 7.35. The van der Waals surface area contributed by atoms with Crippen molar-refractivity contribution in [3.05, 3.63) is 30.1 Å². The summed E-state index contributed by atoms with van der Waals surface area (Å²) in [5.74, 6) is -0.562. The highest BCUT2D eigenvalue weighted by molar-refractivity contribution is 6.00. The van der Waals surface area contributed by atoms with E-state index in [9.17, 15) is 14.0 Å². The molecule has 0 unspecified atom stereocenters. The fraction of sp³-hybridized carbons (Fsp3) is 0.579. The maximum Gasteiger partial charge on any atom is 0.228 e. The number of hydrogen-bond acceptors (Lipinski definition) is 3. The fourth-order valence-corrected chi connectivity index (χ4v) is 4.41. The summed E-state index contributed by atoms with van der Waals surface area (Å²) >= 11 is 0. The Labute approximate surface area is 147 Å². The minimum absolute atomic E-state index is 0.0535. The Hall–Kier alpha value is -1.95. The molecule has 6 heteroatoms. The summed E-state index contributed by atoms with van der Waals surface area (Å²) in [7, 11) is 0. The van der Waals surface area contributed by atoms with E-state index in [2.05, 4.69) is 4.90 Å². The zero-order valence-corrected chi connectivity index (χ0v) is 14.4. The van der Waals surface area contributed by atoms with Gasteiger partial charge in [-0.05, 0) is 50.1 Å². The van der Waals surface area contributed by atoms with E-state index >= 15 is 0 Å². The number of rotatable bonds is 2. The molecule has 1 aromatic carbocycles. The second kappa shape index (κ2) is 6.75. The number of carbonyl (C=O) groups excluding carboxylic acids is 2. The van der Waals surface area contributed by atoms with Crippen LogP contribution in [0.25, 0.3) is 0 Å². The third kappa shape index (κ3) is 3.27. The first kappa shape index (κ1) is 16.5. The van der Waals surface area contributed by atoms with Crippen LogP contribution in [0.5, 0.6) is 0 Å². The number of fused-ring (bicyclic) bond motifs is 1. The van der Waals surface area contributed by atoms with Crippen LogP contribution in [0.1, 0.15) is 25.7 Å². The van der Waals surface area contributed by atoms with E-state index in [0.717, 1.165) is 39.0 Å². The Kier molecular flexibility index (Phi) is 4.46. The Balaban J connectivity index is 1.44. The van der Waals surface area contributed by atoms with E-state index < -0.39 is 0 Å². The van der Waals surface area contributed by atoms with Crippen LogP contribution in [0, 0.1) is 11.7 Å². The van der Waals surface area contributed by atoms with Gasteiger partial charge in [0, 0.05) is 44.3 Å². The number of amides is 2. The molecule has 0 N–H and O–H groups in total. The van der Waals surface area contributed by atoms with Gasteiger partial charge >= 0.3 is 0 Å². The molecule has 2 atom stereocenters. The molecule has 0 radical (unpaired) electrons. The van der Waals surface area contributed by atoms with E-state index in [1.54, 1.807) is 17.0 Å². The lowest BCUT2D eigenvalue weighted by Gasteiger charge is -2.27. The average Bonchev–Trinajstić information content (AvgIpc) is 3.16. The molecule has 3 fully saturated rings. The highest BCUT2D eigenvalue weighted by Gasteiger charge is 2.39. The monoisotopic (exact) mass is 345 g/mol. The summed E-state index contributed by atoms with van der Waals surface area (Å²) in [4.78, 5) is 31.4. The maximum absolute atomic E-state index is 13.1. The number of anilines is 1. The van der Waals surface area contributed by atoms with Gasteiger partial charge in [0.15, 0.2) is 0 Å². The molecule has 134 valence electrons. The number of hydrogen-bond donors (Lipinski definition) is 0. The van der Waals surface area contributed by atoms with Crippen LogP contribution in [-0.4, -0.2) is 60.4 Å². The summed E-state index contributed by atoms with van der Waals surface area (Å²) in [6, 6.07) is 6.38. The molecule has 3 aliphatic rings. The summed E-state index contributed by atoms with van der Waals surface area (Å²) in [6.07, 6.45) is 3.63. The maximum atomic E-state index is 13.1. The number of carbonyl (C=O) groups is 2. The van der Waals surface area contributed by atoms with Crippen LogP contribution in [0.3, 0.4) is 0 Å². The smallest absolute Gasteiger partial charge is 0.228 e. The molecule has 0 spiro atoms. The lowest BCUT2D eigenvalue weighted by molar-refractivity contribution is -0.136. The highest BCUT2D eigenvalue weighted by Crippen LogP contribution is 2.28. The van der Waals surface area contributed by atoms with Gasteiger partial charge in [-0.2, -0.15) is 0 Å². The molecule has 0 saturated carbocycles. The summed E-state index contributed by atoms with van der Waals surface area (Å²) < 4.78 is 13.1. The quantitative estimate of drug-likeness (QED) is 0.822. The molecule has 0 aromatic heterocycles. The van der Waals surface area contributed by atoms with Gasteiger partial charge in [-0.1, -0.05) is 0 Å². The van der Waals surface area contributed by atoms with Crippen molar-refractivity contribution < 1.29 is 14.0 Å². The number of nitrogens with zero attached hydrogens (tertiary/aromatic N) is 3. The third-order valence-electron chi connectivity index (χ3n) is 5.73. The van der Waals surface area contributed by atoms with Crippen LogP contribution in [-0.2, 0) is 9.59 Å². The minimum Gasteiger partial charge on any atom is -0.341 e. The fourth-order valence-electron chi connectivity index (χ4n) is 4.41. The molecule has 2 amide bonds. The van der Waals surface area contributed by atoms with Crippen molar-refractivity contribution in [3.8, 4) is 0 Å². The average molecular weight is 345 g/mol. The zero-order valence-electron chi connectivity index (χ0n) is 14.4. The Bertz CT molecular complexity index is 663. The molecule has 0 bridgehead atoms. The molecule has 25 heavy (non-hydrogen) atoms. The van der Waals surface area contributed by atoms with Crippen molar-refractivity contribution in [1.29, 1.82) is 0 Å². The Morgan fingerprint density at radius 3 is 2.60 bits per heavy atom. The SMILES string of the molecule is O=C([C@H]1CC(=O)N(c2ccc(F)cc2)C1)N1CCCN2CCC[C@H]2C1. The second-order valence-electron chi connectivity index (χ2n) is 7.35. The van der Waals surface area contributed by atoms with Crippen molar-refractivity contribution >= 4 is 17.5 Å². The van der Waals surface area contributed by atoms with Gasteiger partial charge in [-0.3, -0.25) is 14.5 Å². The van der Waals surface area contributed by atoms with Crippen LogP contribution in [0.15, 0.2) is 24.3 Å². The third-order valence-corrected chi connectivity index (χ3v) is 5.73. The first-order valence-electron chi connectivity index (χ1n) is 9.20. The molecule has 3 saturated heterocycles. The van der Waals surface area contributed by atoms with E-state index in [4.69, 9.17) is 0 Å². The van der Waals surface area contributed by atoms with E-state index in [0.29, 0.717) is 18.3 Å². The number of halogens is 1. The normalized spacial score (nSPS) is 27.5. The van der Waals surface area contributed by atoms with Gasteiger partial charge < -0.3 is 9.80 Å². The van der Waals surface area contributed by atoms with Crippen LogP contribution in [0.4, 0.5) is 10.1 Å². The Morgan fingerprint density at radius 2 is 1.80 bits per heavy atom. The predicted octanol–water partition coefficient (Wildman–Crippen LogP) is 1.88. The van der Waals surface area contributed by atoms with Gasteiger partial charge in [-0.25, -0.2) is 4.39 Å². The van der Waals surface area contributed by atoms with Gasteiger partial charge in [0.2, 0.25) is 11.8 Å². The van der Waals surface area contributed by atoms with E-state index in [1.807, 2.05) is 4.90 Å². The molecule has 1 aromatic rings. The lowest BCUT2D eigenvalue weighted by Crippen LogP contribution is -2.42. The molecule has 4 rings (SSSR count). The molecule has 0 aliphatic carbocycles. The van der Waals surface area contributed by atoms with Gasteiger partial charge in [0.1, 0.15) is 5.82 Å². The minimum atomic E-state index is -0.325. The topological polar surface area (TPSA) is 43.9 Å². The van der Waals surface area contributed by atoms with Crippen molar-refractivity contribution in [2.24, 2.45) is 5.92 Å². The predicted molar refractivity (Wildman–Crippen MR) is 92.7 cm³/mol. The first-order chi connectivity index (χ1) is 12.1. The van der Waals surface area contributed by atoms with E-state index in [1.165, 1.54) is 18.6 Å².